The lowest BCUT2D eigenvalue weighted by Crippen LogP contribution is -1.91. The van der Waals surface area contributed by atoms with Gasteiger partial charge in [-0.15, -0.1) is 11.3 Å². The van der Waals surface area contributed by atoms with E-state index in [0.717, 1.165) is 21.7 Å². The SMILES string of the molecule is CC(C)c1nc(-c2cnccn2)sc1CBr. The first-order valence-corrected chi connectivity index (χ1v) is 6.98. The minimum Gasteiger partial charge on any atom is -0.261 e. The highest BCUT2D eigenvalue weighted by Crippen LogP contribution is 2.31. The van der Waals surface area contributed by atoms with Crippen molar-refractivity contribution in [2.75, 3.05) is 0 Å². The number of rotatable bonds is 3. The Bertz CT molecular complexity index is 467. The molecule has 0 radical (unpaired) electrons. The van der Waals surface area contributed by atoms with Crippen LogP contribution in [-0.2, 0) is 5.33 Å². The van der Waals surface area contributed by atoms with E-state index in [1.165, 1.54) is 4.88 Å². The third-order valence-electron chi connectivity index (χ3n) is 2.18. The molecule has 0 fully saturated rings. The average molecular weight is 298 g/mol. The van der Waals surface area contributed by atoms with Crippen molar-refractivity contribution >= 4 is 27.3 Å². The number of alkyl halides is 1. The van der Waals surface area contributed by atoms with Gasteiger partial charge in [-0.1, -0.05) is 29.8 Å². The fraction of sp³-hybridized carbons (Fsp3) is 0.364. The molecule has 0 unspecified atom stereocenters. The summed E-state index contributed by atoms with van der Waals surface area (Å²) in [5, 5.41) is 1.80. The second-order valence-electron chi connectivity index (χ2n) is 3.71. The van der Waals surface area contributed by atoms with Gasteiger partial charge in [0.1, 0.15) is 10.7 Å². The third-order valence-corrected chi connectivity index (χ3v) is 4.20. The van der Waals surface area contributed by atoms with E-state index in [-0.39, 0.29) is 0 Å². The molecule has 0 aliphatic carbocycles. The lowest BCUT2D eigenvalue weighted by Gasteiger charge is -2.01. The van der Waals surface area contributed by atoms with Crippen molar-refractivity contribution in [2.45, 2.75) is 25.1 Å². The molecule has 0 saturated heterocycles. The number of hydrogen-bond acceptors (Lipinski definition) is 4. The summed E-state index contributed by atoms with van der Waals surface area (Å²) in [6, 6.07) is 0. The molecule has 0 spiro atoms. The second kappa shape index (κ2) is 5.01. The topological polar surface area (TPSA) is 38.7 Å². The van der Waals surface area contributed by atoms with Crippen molar-refractivity contribution in [1.82, 2.24) is 15.0 Å². The molecular formula is C11H12BrN3S. The van der Waals surface area contributed by atoms with Crippen LogP contribution in [0.15, 0.2) is 18.6 Å². The second-order valence-corrected chi connectivity index (χ2v) is 5.35. The van der Waals surface area contributed by atoms with Gasteiger partial charge in [0.05, 0.1) is 11.9 Å². The van der Waals surface area contributed by atoms with Gasteiger partial charge in [-0.05, 0) is 5.92 Å². The van der Waals surface area contributed by atoms with Crippen LogP contribution in [0.3, 0.4) is 0 Å². The molecule has 16 heavy (non-hydrogen) atoms. The summed E-state index contributed by atoms with van der Waals surface area (Å²) in [6.45, 7) is 4.31. The Morgan fingerprint density at radius 1 is 1.38 bits per heavy atom. The van der Waals surface area contributed by atoms with Crippen LogP contribution in [0.4, 0.5) is 0 Å². The highest BCUT2D eigenvalue weighted by Gasteiger charge is 2.14. The van der Waals surface area contributed by atoms with Crippen molar-refractivity contribution in [3.8, 4) is 10.7 Å². The van der Waals surface area contributed by atoms with Crippen LogP contribution in [0.5, 0.6) is 0 Å². The zero-order chi connectivity index (χ0) is 11.5. The molecule has 2 rings (SSSR count). The molecule has 0 aliphatic rings. The van der Waals surface area contributed by atoms with Gasteiger partial charge in [0, 0.05) is 22.6 Å². The van der Waals surface area contributed by atoms with E-state index in [1.54, 1.807) is 29.9 Å². The molecule has 0 amide bonds. The molecule has 5 heteroatoms. The Morgan fingerprint density at radius 3 is 2.69 bits per heavy atom. The molecule has 0 saturated carbocycles. The molecule has 0 aliphatic heterocycles. The molecular weight excluding hydrogens is 286 g/mol. The third kappa shape index (κ3) is 2.30. The van der Waals surface area contributed by atoms with Gasteiger partial charge < -0.3 is 0 Å². The van der Waals surface area contributed by atoms with Crippen molar-refractivity contribution < 1.29 is 0 Å². The van der Waals surface area contributed by atoms with Crippen LogP contribution in [0.2, 0.25) is 0 Å². The summed E-state index contributed by atoms with van der Waals surface area (Å²) in [4.78, 5) is 14.2. The quantitative estimate of drug-likeness (QED) is 0.812. The average Bonchev–Trinajstić information content (AvgIpc) is 2.74. The van der Waals surface area contributed by atoms with E-state index in [9.17, 15) is 0 Å². The Morgan fingerprint density at radius 2 is 2.19 bits per heavy atom. The standard InChI is InChI=1S/C11H12BrN3S/c1-7(2)10-9(5-12)16-11(15-10)8-6-13-3-4-14-8/h3-4,6-7H,5H2,1-2H3. The van der Waals surface area contributed by atoms with E-state index < -0.39 is 0 Å². The zero-order valence-electron chi connectivity index (χ0n) is 9.14. The number of halogens is 1. The molecule has 0 bridgehead atoms. The van der Waals surface area contributed by atoms with Crippen molar-refractivity contribution in [3.05, 3.63) is 29.2 Å². The Balaban J connectivity index is 2.44. The molecule has 2 heterocycles. The highest BCUT2D eigenvalue weighted by atomic mass is 79.9. The van der Waals surface area contributed by atoms with Crippen LogP contribution < -0.4 is 0 Å². The van der Waals surface area contributed by atoms with Gasteiger partial charge >= 0.3 is 0 Å². The first-order valence-electron chi connectivity index (χ1n) is 5.04. The lowest BCUT2D eigenvalue weighted by atomic mass is 10.1. The predicted octanol–water partition coefficient (Wildman–Crippen LogP) is 3.62. The monoisotopic (exact) mass is 297 g/mol. The lowest BCUT2D eigenvalue weighted by molar-refractivity contribution is 0.824. The largest absolute Gasteiger partial charge is 0.261 e. The number of hydrogen-bond donors (Lipinski definition) is 0. The van der Waals surface area contributed by atoms with Gasteiger partial charge in [-0.3, -0.25) is 9.97 Å². The number of aromatic nitrogens is 3. The summed E-state index contributed by atoms with van der Waals surface area (Å²) < 4.78 is 0. The summed E-state index contributed by atoms with van der Waals surface area (Å²) in [7, 11) is 0. The minimum atomic E-state index is 0.439. The van der Waals surface area contributed by atoms with Crippen molar-refractivity contribution in [2.24, 2.45) is 0 Å². The first kappa shape index (κ1) is 11.7. The Kier molecular flexibility index (Phi) is 3.66. The molecule has 84 valence electrons. The van der Waals surface area contributed by atoms with Crippen molar-refractivity contribution in [1.29, 1.82) is 0 Å². The minimum absolute atomic E-state index is 0.439. The van der Waals surface area contributed by atoms with Crippen molar-refractivity contribution in [3.63, 3.8) is 0 Å². The predicted molar refractivity (Wildman–Crippen MR) is 69.9 cm³/mol. The molecule has 2 aromatic heterocycles. The van der Waals surface area contributed by atoms with Gasteiger partial charge in [-0.25, -0.2) is 4.98 Å². The van der Waals surface area contributed by atoms with Gasteiger partial charge in [0.2, 0.25) is 0 Å². The summed E-state index contributed by atoms with van der Waals surface area (Å²) in [5.41, 5.74) is 2.00. The summed E-state index contributed by atoms with van der Waals surface area (Å²) >= 11 is 5.18. The summed E-state index contributed by atoms with van der Waals surface area (Å²) in [6.07, 6.45) is 5.12. The van der Waals surface area contributed by atoms with Gasteiger partial charge in [0.25, 0.3) is 0 Å². The van der Waals surface area contributed by atoms with Crippen LogP contribution in [0.25, 0.3) is 10.7 Å². The Hall–Kier alpha value is -0.810. The fourth-order valence-electron chi connectivity index (χ4n) is 1.43. The maximum absolute atomic E-state index is 4.64. The van der Waals surface area contributed by atoms with Crippen LogP contribution >= 0.6 is 27.3 Å². The molecule has 0 N–H and O–H groups in total. The molecule has 0 atom stereocenters. The Labute approximate surface area is 107 Å². The van der Waals surface area contributed by atoms with E-state index in [1.807, 2.05) is 0 Å². The van der Waals surface area contributed by atoms with E-state index in [4.69, 9.17) is 0 Å². The number of nitrogens with zero attached hydrogens (tertiary/aromatic N) is 3. The van der Waals surface area contributed by atoms with E-state index in [2.05, 4.69) is 44.7 Å². The first-order chi connectivity index (χ1) is 7.72. The zero-order valence-corrected chi connectivity index (χ0v) is 11.5. The van der Waals surface area contributed by atoms with Crippen LogP contribution in [0.1, 0.15) is 30.3 Å². The van der Waals surface area contributed by atoms with Gasteiger partial charge in [-0.2, -0.15) is 0 Å². The molecule has 3 nitrogen and oxygen atoms in total. The maximum atomic E-state index is 4.64. The van der Waals surface area contributed by atoms with E-state index in [0.29, 0.717) is 5.92 Å². The normalized spacial score (nSPS) is 11.0. The smallest absolute Gasteiger partial charge is 0.144 e. The van der Waals surface area contributed by atoms with Crippen LogP contribution in [-0.4, -0.2) is 15.0 Å². The maximum Gasteiger partial charge on any atom is 0.144 e. The molecule has 2 aromatic rings. The summed E-state index contributed by atoms with van der Waals surface area (Å²) in [5.74, 6) is 0.439. The molecule has 0 aromatic carbocycles. The van der Waals surface area contributed by atoms with Gasteiger partial charge in [0.15, 0.2) is 0 Å². The fourth-order valence-corrected chi connectivity index (χ4v) is 3.09. The highest BCUT2D eigenvalue weighted by molar-refractivity contribution is 9.08. The van der Waals surface area contributed by atoms with E-state index >= 15 is 0 Å². The van der Waals surface area contributed by atoms with Crippen LogP contribution in [0, 0.1) is 0 Å². The number of thiazole rings is 1.